The van der Waals surface area contributed by atoms with Crippen LogP contribution in [0.5, 0.6) is 0 Å². The molecule has 132 valence electrons. The Balaban J connectivity index is 1.47. The van der Waals surface area contributed by atoms with E-state index in [-0.39, 0.29) is 5.82 Å². The number of halogens is 1. The number of fused-ring (bicyclic) bond motifs is 1. The van der Waals surface area contributed by atoms with E-state index in [2.05, 4.69) is 19.8 Å². The van der Waals surface area contributed by atoms with Gasteiger partial charge in [-0.15, -0.1) is 0 Å². The van der Waals surface area contributed by atoms with Crippen molar-refractivity contribution in [3.05, 3.63) is 47.7 Å². The summed E-state index contributed by atoms with van der Waals surface area (Å²) in [6.45, 7) is 6.92. The van der Waals surface area contributed by atoms with E-state index >= 15 is 0 Å². The Morgan fingerprint density at radius 2 is 1.52 bits per heavy atom. The molecule has 0 amide bonds. The topological polar surface area (TPSA) is 32.3 Å². The molecule has 2 aliphatic heterocycles. The minimum Gasteiger partial charge on any atom is -0.302 e. The third kappa shape index (κ3) is 3.88. The van der Waals surface area contributed by atoms with Gasteiger partial charge in [-0.25, -0.2) is 14.4 Å². The quantitative estimate of drug-likeness (QED) is 0.857. The first kappa shape index (κ1) is 16.6. The van der Waals surface area contributed by atoms with Gasteiger partial charge in [-0.2, -0.15) is 0 Å². The molecule has 5 heteroatoms. The second-order valence-electron chi connectivity index (χ2n) is 7.04. The van der Waals surface area contributed by atoms with Crippen molar-refractivity contribution in [3.8, 4) is 11.3 Å². The number of benzene rings is 1. The first-order chi connectivity index (χ1) is 12.3. The van der Waals surface area contributed by atoms with E-state index < -0.39 is 0 Å². The summed E-state index contributed by atoms with van der Waals surface area (Å²) in [4.78, 5) is 14.2. The third-order valence-electron chi connectivity index (χ3n) is 5.43. The molecule has 1 saturated heterocycles. The lowest BCUT2D eigenvalue weighted by Gasteiger charge is -2.23. The Hall–Kier alpha value is -1.85. The molecule has 2 aromatic rings. The lowest BCUT2D eigenvalue weighted by molar-refractivity contribution is 0.232. The van der Waals surface area contributed by atoms with Gasteiger partial charge in [0.15, 0.2) is 0 Å². The highest BCUT2D eigenvalue weighted by Gasteiger charge is 2.20. The summed E-state index contributed by atoms with van der Waals surface area (Å²) >= 11 is 0. The van der Waals surface area contributed by atoms with Gasteiger partial charge in [0.25, 0.3) is 0 Å². The molecule has 4 rings (SSSR count). The van der Waals surface area contributed by atoms with E-state index in [1.54, 1.807) is 6.33 Å². The van der Waals surface area contributed by atoms with Crippen molar-refractivity contribution < 1.29 is 4.39 Å². The van der Waals surface area contributed by atoms with Gasteiger partial charge in [0.1, 0.15) is 12.1 Å². The van der Waals surface area contributed by atoms with Crippen LogP contribution in [-0.4, -0.2) is 59.0 Å². The molecule has 0 bridgehead atoms. The highest BCUT2D eigenvalue weighted by Crippen LogP contribution is 2.26. The predicted molar refractivity (Wildman–Crippen MR) is 96.9 cm³/mol. The molecule has 0 unspecified atom stereocenters. The largest absolute Gasteiger partial charge is 0.302 e. The van der Waals surface area contributed by atoms with E-state index in [4.69, 9.17) is 0 Å². The van der Waals surface area contributed by atoms with E-state index in [0.717, 1.165) is 49.4 Å². The summed E-state index contributed by atoms with van der Waals surface area (Å²) in [5.41, 5.74) is 4.33. The number of rotatable bonds is 4. The minimum absolute atomic E-state index is 0.211. The summed E-state index contributed by atoms with van der Waals surface area (Å²) in [5.74, 6) is -0.211. The Bertz CT molecular complexity index is 710. The van der Waals surface area contributed by atoms with Gasteiger partial charge in [0.2, 0.25) is 0 Å². The minimum atomic E-state index is -0.211. The van der Waals surface area contributed by atoms with E-state index in [1.165, 1.54) is 50.2 Å². The Kier molecular flexibility index (Phi) is 5.04. The standard InChI is InChI=1S/C20H25FN4/c21-17-5-3-16(4-6-17)20-18-7-11-25(12-8-19(18)22-15-23-20)14-13-24-9-1-2-10-24/h3-6,15H,1-2,7-14H2. The molecule has 1 fully saturated rings. The second-order valence-corrected chi connectivity index (χ2v) is 7.04. The zero-order valence-electron chi connectivity index (χ0n) is 14.6. The van der Waals surface area contributed by atoms with Crippen LogP contribution in [0.3, 0.4) is 0 Å². The van der Waals surface area contributed by atoms with Gasteiger partial charge in [-0.1, -0.05) is 0 Å². The summed E-state index contributed by atoms with van der Waals surface area (Å²) in [7, 11) is 0. The molecule has 0 spiro atoms. The van der Waals surface area contributed by atoms with Crippen molar-refractivity contribution in [2.75, 3.05) is 39.3 Å². The average Bonchev–Trinajstić information content (AvgIpc) is 3.07. The molecule has 1 aromatic heterocycles. The normalized spacial score (nSPS) is 18.9. The van der Waals surface area contributed by atoms with Crippen molar-refractivity contribution in [3.63, 3.8) is 0 Å². The molecule has 4 nitrogen and oxygen atoms in total. The number of hydrogen-bond donors (Lipinski definition) is 0. The van der Waals surface area contributed by atoms with Crippen molar-refractivity contribution in [1.29, 1.82) is 0 Å². The third-order valence-corrected chi connectivity index (χ3v) is 5.43. The monoisotopic (exact) mass is 340 g/mol. The van der Waals surface area contributed by atoms with Crippen LogP contribution in [0, 0.1) is 5.82 Å². The van der Waals surface area contributed by atoms with Gasteiger partial charge in [-0.05, 0) is 56.6 Å². The predicted octanol–water partition coefficient (Wildman–Crippen LogP) is 2.78. The van der Waals surface area contributed by atoms with Crippen LogP contribution in [0.25, 0.3) is 11.3 Å². The molecule has 25 heavy (non-hydrogen) atoms. The summed E-state index contributed by atoms with van der Waals surface area (Å²) in [6.07, 6.45) is 6.27. The maximum Gasteiger partial charge on any atom is 0.123 e. The highest BCUT2D eigenvalue weighted by molar-refractivity contribution is 5.63. The first-order valence-corrected chi connectivity index (χ1v) is 9.33. The van der Waals surface area contributed by atoms with Crippen LogP contribution in [0.2, 0.25) is 0 Å². The number of nitrogens with zero attached hydrogens (tertiary/aromatic N) is 4. The second kappa shape index (κ2) is 7.58. The number of aromatic nitrogens is 2. The van der Waals surface area contributed by atoms with E-state index in [1.807, 2.05) is 12.1 Å². The maximum absolute atomic E-state index is 13.2. The van der Waals surface area contributed by atoms with E-state index in [9.17, 15) is 4.39 Å². The van der Waals surface area contributed by atoms with Crippen LogP contribution in [0.4, 0.5) is 4.39 Å². The fraction of sp³-hybridized carbons (Fsp3) is 0.500. The SMILES string of the molecule is Fc1ccc(-c2ncnc3c2CCN(CCN2CCCC2)CC3)cc1. The molecule has 0 aliphatic carbocycles. The number of hydrogen-bond acceptors (Lipinski definition) is 4. The molecule has 0 atom stereocenters. The first-order valence-electron chi connectivity index (χ1n) is 9.33. The average molecular weight is 340 g/mol. The smallest absolute Gasteiger partial charge is 0.123 e. The molecule has 1 aromatic carbocycles. The molecule has 3 heterocycles. The highest BCUT2D eigenvalue weighted by atomic mass is 19.1. The zero-order chi connectivity index (χ0) is 17.1. The van der Waals surface area contributed by atoms with Crippen molar-refractivity contribution in [1.82, 2.24) is 19.8 Å². The summed E-state index contributed by atoms with van der Waals surface area (Å²) in [5, 5.41) is 0. The molecule has 2 aliphatic rings. The Morgan fingerprint density at radius 1 is 0.840 bits per heavy atom. The van der Waals surface area contributed by atoms with E-state index in [0.29, 0.717) is 0 Å². The van der Waals surface area contributed by atoms with Crippen LogP contribution in [0.1, 0.15) is 24.1 Å². The molecule has 0 saturated carbocycles. The maximum atomic E-state index is 13.2. The van der Waals surface area contributed by atoms with Gasteiger partial charge < -0.3 is 9.80 Å². The molecule has 0 radical (unpaired) electrons. The van der Waals surface area contributed by atoms with Crippen LogP contribution < -0.4 is 0 Å². The lowest BCUT2D eigenvalue weighted by atomic mass is 10.0. The molecule has 0 N–H and O–H groups in total. The van der Waals surface area contributed by atoms with Crippen molar-refractivity contribution in [2.45, 2.75) is 25.7 Å². The van der Waals surface area contributed by atoms with Gasteiger partial charge >= 0.3 is 0 Å². The lowest BCUT2D eigenvalue weighted by Crippen LogP contribution is -2.35. The summed E-state index contributed by atoms with van der Waals surface area (Å²) in [6, 6.07) is 6.63. The summed E-state index contributed by atoms with van der Waals surface area (Å²) < 4.78 is 13.2. The fourth-order valence-corrected chi connectivity index (χ4v) is 3.94. The number of likely N-dealkylation sites (tertiary alicyclic amines) is 1. The van der Waals surface area contributed by atoms with Crippen LogP contribution >= 0.6 is 0 Å². The Morgan fingerprint density at radius 3 is 2.28 bits per heavy atom. The van der Waals surface area contributed by atoms with Gasteiger partial charge in [0, 0.05) is 49.4 Å². The van der Waals surface area contributed by atoms with Crippen LogP contribution in [0.15, 0.2) is 30.6 Å². The van der Waals surface area contributed by atoms with Crippen molar-refractivity contribution in [2.24, 2.45) is 0 Å². The zero-order valence-corrected chi connectivity index (χ0v) is 14.6. The fourth-order valence-electron chi connectivity index (χ4n) is 3.94. The molecular weight excluding hydrogens is 315 g/mol. The van der Waals surface area contributed by atoms with Crippen LogP contribution in [-0.2, 0) is 12.8 Å². The van der Waals surface area contributed by atoms with Crippen molar-refractivity contribution >= 4 is 0 Å². The van der Waals surface area contributed by atoms with Gasteiger partial charge in [-0.3, -0.25) is 0 Å². The molecular formula is C20H25FN4. The van der Waals surface area contributed by atoms with Gasteiger partial charge in [0.05, 0.1) is 5.69 Å². The Labute approximate surface area is 148 Å².